The van der Waals surface area contributed by atoms with Crippen LogP contribution in [-0.2, 0) is 23.9 Å². The first-order valence-corrected chi connectivity index (χ1v) is 16.7. The minimum atomic E-state index is -1.20. The first-order valence-electron chi connectivity index (χ1n) is 15.9. The average Bonchev–Trinajstić information content (AvgIpc) is 3.39. The minimum absolute atomic E-state index is 0.0226. The summed E-state index contributed by atoms with van der Waals surface area (Å²) in [5.74, 6) is -1.77. The molecule has 1 aromatic heterocycles. The van der Waals surface area contributed by atoms with E-state index < -0.39 is 29.5 Å². The van der Waals surface area contributed by atoms with Crippen molar-refractivity contribution in [1.82, 2.24) is 10.3 Å². The maximum atomic E-state index is 13.9. The Labute approximate surface area is 261 Å². The van der Waals surface area contributed by atoms with Gasteiger partial charge in [-0.3, -0.25) is 14.4 Å². The normalized spacial score (nSPS) is 32.5. The summed E-state index contributed by atoms with van der Waals surface area (Å²) in [6.07, 6.45) is 5.41. The van der Waals surface area contributed by atoms with Gasteiger partial charge in [0.2, 0.25) is 5.91 Å². The molecule has 43 heavy (non-hydrogen) atoms. The number of aryl methyl sites for hydroxylation is 1. The quantitative estimate of drug-likeness (QED) is 0.207. The van der Waals surface area contributed by atoms with E-state index in [1.165, 1.54) is 0 Å². The van der Waals surface area contributed by atoms with Crippen LogP contribution in [0.1, 0.15) is 110 Å². The predicted molar refractivity (Wildman–Crippen MR) is 169 cm³/mol. The number of rotatable bonds is 8. The zero-order valence-corrected chi connectivity index (χ0v) is 27.9. The number of ketones is 1. The summed E-state index contributed by atoms with van der Waals surface area (Å²) in [5, 5.41) is 17.3. The molecule has 4 N–H and O–H groups in total. The Hall–Kier alpha value is -2.14. The predicted octanol–water partition coefficient (Wildman–Crippen LogP) is 5.12. The molecule has 1 aromatic rings. The van der Waals surface area contributed by atoms with Crippen LogP contribution in [0.25, 0.3) is 6.08 Å². The number of thiazole rings is 1. The number of amides is 1. The number of hydrogen-bond donors (Lipinski definition) is 3. The van der Waals surface area contributed by atoms with Gasteiger partial charge in [-0.05, 0) is 84.4 Å². The Kier molecular flexibility index (Phi) is 12.5. The van der Waals surface area contributed by atoms with Crippen molar-refractivity contribution in [1.29, 1.82) is 0 Å². The number of aromatic nitrogens is 1. The monoisotopic (exact) mass is 619 g/mol. The number of epoxide rings is 1. The molecule has 2 saturated heterocycles. The Morgan fingerprint density at radius 1 is 1.26 bits per heavy atom. The van der Waals surface area contributed by atoms with Gasteiger partial charge in [0.25, 0.3) is 0 Å². The van der Waals surface area contributed by atoms with Gasteiger partial charge in [-0.25, -0.2) is 4.98 Å². The van der Waals surface area contributed by atoms with Gasteiger partial charge in [0.1, 0.15) is 11.9 Å². The molecule has 2 fully saturated rings. The highest BCUT2D eigenvalue weighted by molar-refractivity contribution is 7.09. The van der Waals surface area contributed by atoms with Crippen LogP contribution in [0.4, 0.5) is 0 Å². The van der Waals surface area contributed by atoms with E-state index in [4.69, 9.17) is 15.2 Å². The fraction of sp³-hybridized carbons (Fsp3) is 0.758. The van der Waals surface area contributed by atoms with Gasteiger partial charge >= 0.3 is 5.97 Å². The average molecular weight is 620 g/mol. The van der Waals surface area contributed by atoms with Crippen molar-refractivity contribution in [3.63, 3.8) is 0 Å². The Morgan fingerprint density at radius 3 is 2.63 bits per heavy atom. The third-order valence-corrected chi connectivity index (χ3v) is 10.2. The summed E-state index contributed by atoms with van der Waals surface area (Å²) >= 11 is 1.57. The van der Waals surface area contributed by atoms with Crippen LogP contribution < -0.4 is 11.1 Å². The van der Waals surface area contributed by atoms with Crippen LogP contribution in [-0.4, -0.2) is 64.2 Å². The van der Waals surface area contributed by atoms with Crippen molar-refractivity contribution in [3.8, 4) is 0 Å². The first-order chi connectivity index (χ1) is 20.2. The number of aliphatic hydroxyl groups excluding tert-OH is 1. The largest absolute Gasteiger partial charge is 0.461 e. The molecular weight excluding hydrogens is 566 g/mol. The highest BCUT2D eigenvalue weighted by atomic mass is 32.1. The molecule has 242 valence electrons. The van der Waals surface area contributed by atoms with E-state index in [9.17, 15) is 19.5 Å². The Balaban J connectivity index is 1.90. The minimum Gasteiger partial charge on any atom is -0.461 e. The molecule has 3 heterocycles. The van der Waals surface area contributed by atoms with Crippen LogP contribution in [0.3, 0.4) is 0 Å². The highest BCUT2D eigenvalue weighted by Gasteiger charge is 2.52. The second kappa shape index (κ2) is 15.2. The molecule has 7 unspecified atom stereocenters. The van der Waals surface area contributed by atoms with E-state index in [0.717, 1.165) is 48.4 Å². The lowest BCUT2D eigenvalue weighted by Gasteiger charge is -2.36. The summed E-state index contributed by atoms with van der Waals surface area (Å²) in [4.78, 5) is 45.0. The zero-order valence-electron chi connectivity index (χ0n) is 27.1. The number of hydrogen-bond acceptors (Lipinski definition) is 9. The van der Waals surface area contributed by atoms with Crippen LogP contribution >= 0.6 is 11.3 Å². The molecule has 3 rings (SSSR count). The fourth-order valence-electron chi connectivity index (χ4n) is 6.17. The molecule has 10 heteroatoms. The van der Waals surface area contributed by atoms with Crippen molar-refractivity contribution in [2.24, 2.45) is 23.0 Å². The zero-order chi connectivity index (χ0) is 31.9. The number of Topliss-reactive ketones (excluding diaryl/α,β-unsaturated/α-hetero) is 1. The Morgan fingerprint density at radius 2 is 1.98 bits per heavy atom. The third kappa shape index (κ3) is 9.67. The highest BCUT2D eigenvalue weighted by Crippen LogP contribution is 2.44. The Bertz CT molecular complexity index is 1150. The SMILES string of the molecule is CC(=Cc1csc(C)n1)C1CC2OC2(C)CCCC(C)C(O)C(C)C(=O)C(C)(C)C(OC(=O)CCCCCN)CC(=O)N1. The van der Waals surface area contributed by atoms with Gasteiger partial charge in [0, 0.05) is 24.1 Å². The van der Waals surface area contributed by atoms with E-state index in [1.807, 2.05) is 32.2 Å². The van der Waals surface area contributed by atoms with Gasteiger partial charge in [0.15, 0.2) is 0 Å². The number of nitrogens with one attached hydrogen (secondary N) is 1. The molecular formula is C33H53N3O6S. The lowest BCUT2D eigenvalue weighted by Crippen LogP contribution is -2.49. The summed E-state index contributed by atoms with van der Waals surface area (Å²) in [6, 6.07) is -0.319. The van der Waals surface area contributed by atoms with Gasteiger partial charge in [-0.15, -0.1) is 11.3 Å². The van der Waals surface area contributed by atoms with E-state index in [1.54, 1.807) is 32.1 Å². The molecule has 0 aliphatic carbocycles. The maximum absolute atomic E-state index is 13.9. The van der Waals surface area contributed by atoms with Crippen LogP contribution in [0, 0.1) is 24.2 Å². The van der Waals surface area contributed by atoms with Crippen LogP contribution in [0.2, 0.25) is 0 Å². The second-order valence-corrected chi connectivity index (χ2v) is 14.5. The van der Waals surface area contributed by atoms with Crippen LogP contribution in [0.15, 0.2) is 11.0 Å². The van der Waals surface area contributed by atoms with E-state index in [0.29, 0.717) is 19.4 Å². The molecule has 0 spiro atoms. The summed E-state index contributed by atoms with van der Waals surface area (Å²) < 4.78 is 12.1. The molecule has 0 radical (unpaired) electrons. The van der Waals surface area contributed by atoms with Crippen molar-refractivity contribution in [2.45, 2.75) is 136 Å². The van der Waals surface area contributed by atoms with Crippen LogP contribution in [0.5, 0.6) is 0 Å². The number of esters is 1. The number of nitrogens with two attached hydrogens (primary N) is 1. The molecule has 0 bridgehead atoms. The number of carbonyl (C=O) groups is 3. The molecule has 0 saturated carbocycles. The maximum Gasteiger partial charge on any atom is 0.306 e. The van der Waals surface area contributed by atoms with Crippen molar-refractivity contribution in [2.75, 3.05) is 6.54 Å². The molecule has 9 nitrogen and oxygen atoms in total. The molecule has 2 aliphatic heterocycles. The standard InChI is InChI=1S/C33H53N3O6S/c1-20-12-11-14-33(7)27(42-33)17-25(21(2)16-24-19-43-23(4)35-24)36-28(37)18-26(41-29(38)13-9-8-10-15-34)32(5,6)31(40)22(3)30(20)39/h16,19-20,22,25-27,30,39H,8-15,17-18,34H2,1-7H3,(H,36,37). The fourth-order valence-corrected chi connectivity index (χ4v) is 6.74. The lowest BCUT2D eigenvalue weighted by atomic mass is 9.72. The van der Waals surface area contributed by atoms with Crippen molar-refractivity contribution >= 4 is 35.1 Å². The van der Waals surface area contributed by atoms with Crippen molar-refractivity contribution < 1.29 is 29.0 Å². The summed E-state index contributed by atoms with van der Waals surface area (Å²) in [5.41, 5.74) is 5.88. The van der Waals surface area contributed by atoms with Gasteiger partial charge in [0.05, 0.1) is 46.4 Å². The summed E-state index contributed by atoms with van der Waals surface area (Å²) in [7, 11) is 0. The van der Waals surface area contributed by atoms with E-state index in [2.05, 4.69) is 17.2 Å². The van der Waals surface area contributed by atoms with Crippen molar-refractivity contribution in [3.05, 3.63) is 21.7 Å². The van der Waals surface area contributed by atoms with Gasteiger partial charge < -0.3 is 25.6 Å². The topological polar surface area (TPSA) is 144 Å². The van der Waals surface area contributed by atoms with E-state index >= 15 is 0 Å². The lowest BCUT2D eigenvalue weighted by molar-refractivity contribution is -0.162. The number of carbonyl (C=O) groups excluding carboxylic acids is 3. The molecule has 7 atom stereocenters. The summed E-state index contributed by atoms with van der Waals surface area (Å²) in [6.45, 7) is 13.7. The third-order valence-electron chi connectivity index (χ3n) is 9.39. The second-order valence-electron chi connectivity index (χ2n) is 13.5. The molecule has 0 aromatic carbocycles. The smallest absolute Gasteiger partial charge is 0.306 e. The first kappa shape index (κ1) is 35.3. The van der Waals surface area contributed by atoms with Gasteiger partial charge in [-0.1, -0.05) is 26.7 Å². The number of ether oxygens (including phenoxy) is 2. The van der Waals surface area contributed by atoms with E-state index in [-0.39, 0.29) is 48.2 Å². The number of fused-ring (bicyclic) bond motifs is 1. The number of nitrogens with zero attached hydrogens (tertiary/aromatic N) is 1. The molecule has 1 amide bonds. The van der Waals surface area contributed by atoms with Gasteiger partial charge in [-0.2, -0.15) is 0 Å². The number of unbranched alkanes of at least 4 members (excludes halogenated alkanes) is 2. The number of aliphatic hydroxyl groups is 1. The molecule has 2 aliphatic rings.